The summed E-state index contributed by atoms with van der Waals surface area (Å²) < 4.78 is 5.70. The van der Waals surface area contributed by atoms with Gasteiger partial charge in [-0.3, -0.25) is 0 Å². The Balaban J connectivity index is 1.74. The summed E-state index contributed by atoms with van der Waals surface area (Å²) in [4.78, 5) is 0. The molecule has 0 aliphatic carbocycles. The molecule has 0 heterocycles. The SMILES string of the molecule is CC(C)c1ccc(OCCNc2ccc(Cl)cc2)cc1. The molecule has 106 valence electrons. The summed E-state index contributed by atoms with van der Waals surface area (Å²) in [5.74, 6) is 1.46. The standard InChI is InChI=1S/C17H20ClNO/c1-13(2)14-3-9-17(10-4-14)20-12-11-19-16-7-5-15(18)6-8-16/h3-10,13,19H,11-12H2,1-2H3. The van der Waals surface area contributed by atoms with E-state index >= 15 is 0 Å². The van der Waals surface area contributed by atoms with Crippen molar-refractivity contribution in [1.29, 1.82) is 0 Å². The molecule has 20 heavy (non-hydrogen) atoms. The second kappa shape index (κ2) is 7.20. The molecule has 0 unspecified atom stereocenters. The normalized spacial score (nSPS) is 10.6. The number of rotatable bonds is 6. The summed E-state index contributed by atoms with van der Waals surface area (Å²) in [5.41, 5.74) is 2.38. The van der Waals surface area contributed by atoms with Crippen LogP contribution in [0.1, 0.15) is 25.3 Å². The van der Waals surface area contributed by atoms with Crippen molar-refractivity contribution in [2.45, 2.75) is 19.8 Å². The maximum atomic E-state index is 5.84. The smallest absolute Gasteiger partial charge is 0.119 e. The van der Waals surface area contributed by atoms with Crippen LogP contribution in [0, 0.1) is 0 Å². The van der Waals surface area contributed by atoms with Crippen LogP contribution in [0.25, 0.3) is 0 Å². The Bertz CT molecular complexity index is 520. The number of ether oxygens (including phenoxy) is 1. The molecule has 0 aliphatic rings. The molecule has 0 aliphatic heterocycles. The van der Waals surface area contributed by atoms with E-state index in [0.717, 1.165) is 23.0 Å². The van der Waals surface area contributed by atoms with Gasteiger partial charge in [0.2, 0.25) is 0 Å². The topological polar surface area (TPSA) is 21.3 Å². The van der Waals surface area contributed by atoms with E-state index in [9.17, 15) is 0 Å². The van der Waals surface area contributed by atoms with Crippen LogP contribution in [-0.4, -0.2) is 13.2 Å². The average Bonchev–Trinajstić information content (AvgIpc) is 2.46. The van der Waals surface area contributed by atoms with Gasteiger partial charge in [0.15, 0.2) is 0 Å². The third kappa shape index (κ3) is 4.46. The number of nitrogens with one attached hydrogen (secondary N) is 1. The highest BCUT2D eigenvalue weighted by Gasteiger charge is 1.99. The maximum Gasteiger partial charge on any atom is 0.119 e. The van der Waals surface area contributed by atoms with Gasteiger partial charge in [-0.05, 0) is 47.9 Å². The second-order valence-corrected chi connectivity index (χ2v) is 5.44. The Morgan fingerprint density at radius 1 is 1.00 bits per heavy atom. The van der Waals surface area contributed by atoms with Crippen LogP contribution in [0.5, 0.6) is 5.75 Å². The van der Waals surface area contributed by atoms with Gasteiger partial charge in [-0.25, -0.2) is 0 Å². The molecule has 0 saturated carbocycles. The largest absolute Gasteiger partial charge is 0.492 e. The van der Waals surface area contributed by atoms with Crippen LogP contribution in [0.3, 0.4) is 0 Å². The molecule has 2 aromatic rings. The molecule has 3 heteroatoms. The fraction of sp³-hybridized carbons (Fsp3) is 0.294. The fourth-order valence-electron chi connectivity index (χ4n) is 1.88. The van der Waals surface area contributed by atoms with Crippen molar-refractivity contribution < 1.29 is 4.74 Å². The number of benzene rings is 2. The minimum Gasteiger partial charge on any atom is -0.492 e. The molecule has 2 rings (SSSR count). The van der Waals surface area contributed by atoms with Crippen molar-refractivity contribution in [3.05, 3.63) is 59.1 Å². The van der Waals surface area contributed by atoms with E-state index in [4.69, 9.17) is 16.3 Å². The quantitative estimate of drug-likeness (QED) is 0.759. The van der Waals surface area contributed by atoms with Crippen LogP contribution in [0.4, 0.5) is 5.69 Å². The molecule has 0 amide bonds. The van der Waals surface area contributed by atoms with Crippen molar-refractivity contribution >= 4 is 17.3 Å². The minimum absolute atomic E-state index is 0.552. The van der Waals surface area contributed by atoms with Crippen LogP contribution < -0.4 is 10.1 Å². The highest BCUT2D eigenvalue weighted by molar-refractivity contribution is 6.30. The van der Waals surface area contributed by atoms with Crippen LogP contribution in [0.15, 0.2) is 48.5 Å². The monoisotopic (exact) mass is 289 g/mol. The van der Waals surface area contributed by atoms with Gasteiger partial charge in [-0.2, -0.15) is 0 Å². The molecular formula is C17H20ClNO. The molecule has 2 aromatic carbocycles. The Morgan fingerprint density at radius 2 is 1.65 bits per heavy atom. The summed E-state index contributed by atoms with van der Waals surface area (Å²) in [6, 6.07) is 15.9. The van der Waals surface area contributed by atoms with Crippen molar-refractivity contribution in [1.82, 2.24) is 0 Å². The van der Waals surface area contributed by atoms with Gasteiger partial charge >= 0.3 is 0 Å². The molecule has 0 bridgehead atoms. The molecule has 0 fully saturated rings. The molecule has 0 saturated heterocycles. The number of hydrogen-bond donors (Lipinski definition) is 1. The van der Waals surface area contributed by atoms with Crippen molar-refractivity contribution in [2.24, 2.45) is 0 Å². The van der Waals surface area contributed by atoms with Gasteiger partial charge in [0.05, 0.1) is 0 Å². The number of hydrogen-bond acceptors (Lipinski definition) is 2. The first-order chi connectivity index (χ1) is 9.65. The van der Waals surface area contributed by atoms with E-state index in [2.05, 4.69) is 31.3 Å². The zero-order valence-electron chi connectivity index (χ0n) is 11.9. The summed E-state index contributed by atoms with van der Waals surface area (Å²) >= 11 is 5.84. The first-order valence-corrected chi connectivity index (χ1v) is 7.25. The highest BCUT2D eigenvalue weighted by atomic mass is 35.5. The lowest BCUT2D eigenvalue weighted by Gasteiger charge is -2.10. The summed E-state index contributed by atoms with van der Waals surface area (Å²) in [7, 11) is 0. The van der Waals surface area contributed by atoms with E-state index in [1.54, 1.807) is 0 Å². The van der Waals surface area contributed by atoms with Crippen molar-refractivity contribution in [3.8, 4) is 5.75 Å². The van der Waals surface area contributed by atoms with Gasteiger partial charge in [-0.15, -0.1) is 0 Å². The molecule has 1 N–H and O–H groups in total. The van der Waals surface area contributed by atoms with Gasteiger partial charge in [0.1, 0.15) is 12.4 Å². The average molecular weight is 290 g/mol. The summed E-state index contributed by atoms with van der Waals surface area (Å²) in [6.45, 7) is 5.76. The van der Waals surface area contributed by atoms with E-state index in [-0.39, 0.29) is 0 Å². The number of anilines is 1. The molecule has 0 aromatic heterocycles. The van der Waals surface area contributed by atoms with E-state index in [1.165, 1.54) is 5.56 Å². The molecular weight excluding hydrogens is 270 g/mol. The lowest BCUT2D eigenvalue weighted by atomic mass is 10.0. The van der Waals surface area contributed by atoms with E-state index in [0.29, 0.717) is 12.5 Å². The third-order valence-electron chi connectivity index (χ3n) is 3.09. The maximum absolute atomic E-state index is 5.84. The zero-order chi connectivity index (χ0) is 14.4. The Kier molecular flexibility index (Phi) is 5.31. The van der Waals surface area contributed by atoms with Crippen LogP contribution in [-0.2, 0) is 0 Å². The molecule has 0 atom stereocenters. The molecule has 2 nitrogen and oxygen atoms in total. The summed E-state index contributed by atoms with van der Waals surface area (Å²) in [5, 5.41) is 4.04. The Hall–Kier alpha value is -1.67. The van der Waals surface area contributed by atoms with Gasteiger partial charge in [-0.1, -0.05) is 37.6 Å². The molecule has 0 radical (unpaired) electrons. The summed E-state index contributed by atoms with van der Waals surface area (Å²) in [6.07, 6.45) is 0. The van der Waals surface area contributed by atoms with Gasteiger partial charge in [0, 0.05) is 17.3 Å². The second-order valence-electron chi connectivity index (χ2n) is 5.01. The lowest BCUT2D eigenvalue weighted by Crippen LogP contribution is -2.11. The molecule has 0 spiro atoms. The Labute approximate surface area is 125 Å². The van der Waals surface area contributed by atoms with E-state index < -0.39 is 0 Å². The third-order valence-corrected chi connectivity index (χ3v) is 3.34. The highest BCUT2D eigenvalue weighted by Crippen LogP contribution is 2.18. The number of halogens is 1. The van der Waals surface area contributed by atoms with Gasteiger partial charge in [0.25, 0.3) is 0 Å². The predicted molar refractivity (Wildman–Crippen MR) is 86.0 cm³/mol. The van der Waals surface area contributed by atoms with Crippen molar-refractivity contribution in [2.75, 3.05) is 18.5 Å². The van der Waals surface area contributed by atoms with Crippen LogP contribution in [0.2, 0.25) is 5.02 Å². The van der Waals surface area contributed by atoms with E-state index in [1.807, 2.05) is 36.4 Å². The first-order valence-electron chi connectivity index (χ1n) is 6.87. The van der Waals surface area contributed by atoms with Crippen molar-refractivity contribution in [3.63, 3.8) is 0 Å². The minimum atomic E-state index is 0.552. The predicted octanol–water partition coefficient (Wildman–Crippen LogP) is 4.95. The zero-order valence-corrected chi connectivity index (χ0v) is 12.7. The van der Waals surface area contributed by atoms with Crippen LogP contribution >= 0.6 is 11.6 Å². The fourth-order valence-corrected chi connectivity index (χ4v) is 2.01. The Morgan fingerprint density at radius 3 is 2.25 bits per heavy atom. The lowest BCUT2D eigenvalue weighted by molar-refractivity contribution is 0.333. The first kappa shape index (κ1) is 14.7. The van der Waals surface area contributed by atoms with Gasteiger partial charge < -0.3 is 10.1 Å².